The molecule has 1 rings (SSSR count). The first kappa shape index (κ1) is 15.1. The predicted octanol–water partition coefficient (Wildman–Crippen LogP) is 1.06. The first-order chi connectivity index (χ1) is 9.03. The summed E-state index contributed by atoms with van der Waals surface area (Å²) in [6.07, 6.45) is 0.678. The molecular weight excluding hydrogens is 268 g/mol. The Bertz CT molecular complexity index is 590. The second-order valence-corrected chi connectivity index (χ2v) is 5.38. The lowest BCUT2D eigenvalue weighted by Gasteiger charge is -2.09. The standard InChI is InChI=1S/C12H14N2O4S/c1-18-12(15)10-6-2-3-7-11(10)19(16,17)14-9-5-4-8-13/h2-3,6-7,14H,4-5,9H2,1H3. The summed E-state index contributed by atoms with van der Waals surface area (Å²) in [5, 5.41) is 8.37. The van der Waals surface area contributed by atoms with Crippen LogP contribution in [0, 0.1) is 11.3 Å². The lowest BCUT2D eigenvalue weighted by Crippen LogP contribution is -2.26. The van der Waals surface area contributed by atoms with Gasteiger partial charge in [-0.25, -0.2) is 17.9 Å². The van der Waals surface area contributed by atoms with E-state index in [1.54, 1.807) is 6.07 Å². The van der Waals surface area contributed by atoms with Gasteiger partial charge in [0.05, 0.1) is 23.6 Å². The molecule has 0 aliphatic rings. The molecule has 0 amide bonds. The molecule has 1 aromatic carbocycles. The number of nitriles is 1. The predicted molar refractivity (Wildman–Crippen MR) is 67.8 cm³/mol. The number of nitrogens with one attached hydrogen (secondary N) is 1. The highest BCUT2D eigenvalue weighted by Crippen LogP contribution is 2.16. The molecule has 7 heteroatoms. The maximum absolute atomic E-state index is 12.0. The Kier molecular flexibility index (Phi) is 5.48. The fraction of sp³-hybridized carbons (Fsp3) is 0.333. The maximum atomic E-state index is 12.0. The van der Waals surface area contributed by atoms with Crippen molar-refractivity contribution in [2.45, 2.75) is 17.7 Å². The minimum absolute atomic E-state index is 0.0159. The monoisotopic (exact) mass is 282 g/mol. The molecule has 6 nitrogen and oxygen atoms in total. The van der Waals surface area contributed by atoms with Gasteiger partial charge in [0.1, 0.15) is 0 Å². The largest absolute Gasteiger partial charge is 0.465 e. The van der Waals surface area contributed by atoms with Gasteiger partial charge >= 0.3 is 5.97 Å². The van der Waals surface area contributed by atoms with Crippen LogP contribution in [0.25, 0.3) is 0 Å². The van der Waals surface area contributed by atoms with Crippen molar-refractivity contribution in [3.8, 4) is 6.07 Å². The fourth-order valence-corrected chi connectivity index (χ4v) is 2.70. The number of rotatable bonds is 6. The van der Waals surface area contributed by atoms with Gasteiger partial charge in [-0.15, -0.1) is 0 Å². The highest BCUT2D eigenvalue weighted by molar-refractivity contribution is 7.89. The van der Waals surface area contributed by atoms with Crippen molar-refractivity contribution in [3.63, 3.8) is 0 Å². The Morgan fingerprint density at radius 1 is 1.42 bits per heavy atom. The van der Waals surface area contributed by atoms with Gasteiger partial charge in [0, 0.05) is 13.0 Å². The van der Waals surface area contributed by atoms with Gasteiger partial charge in [0.2, 0.25) is 10.0 Å². The van der Waals surface area contributed by atoms with Gasteiger partial charge in [-0.1, -0.05) is 12.1 Å². The molecular formula is C12H14N2O4S. The van der Waals surface area contributed by atoms with Crippen LogP contribution in [0.15, 0.2) is 29.2 Å². The van der Waals surface area contributed by atoms with Gasteiger partial charge in [-0.3, -0.25) is 0 Å². The summed E-state index contributed by atoms with van der Waals surface area (Å²) in [5.74, 6) is -0.710. The second-order valence-electron chi connectivity index (χ2n) is 3.65. The molecule has 0 aliphatic carbocycles. The third-order valence-electron chi connectivity index (χ3n) is 2.34. The quantitative estimate of drug-likeness (QED) is 0.621. The Morgan fingerprint density at radius 3 is 2.74 bits per heavy atom. The number of carbonyl (C=O) groups excluding carboxylic acids is 1. The topological polar surface area (TPSA) is 96.3 Å². The van der Waals surface area contributed by atoms with Crippen LogP contribution in [0.3, 0.4) is 0 Å². The average Bonchev–Trinajstić information content (AvgIpc) is 2.43. The zero-order valence-electron chi connectivity index (χ0n) is 10.4. The molecule has 1 N–H and O–H groups in total. The second kappa shape index (κ2) is 6.87. The van der Waals surface area contributed by atoms with Crippen molar-refractivity contribution < 1.29 is 17.9 Å². The maximum Gasteiger partial charge on any atom is 0.339 e. The summed E-state index contributed by atoms with van der Waals surface area (Å²) in [5.41, 5.74) is -0.0159. The smallest absolute Gasteiger partial charge is 0.339 e. The van der Waals surface area contributed by atoms with E-state index in [2.05, 4.69) is 9.46 Å². The minimum Gasteiger partial charge on any atom is -0.465 e. The molecule has 0 aliphatic heterocycles. The zero-order chi connectivity index (χ0) is 14.3. The van der Waals surface area contributed by atoms with E-state index in [0.29, 0.717) is 6.42 Å². The first-order valence-electron chi connectivity index (χ1n) is 5.57. The highest BCUT2D eigenvalue weighted by Gasteiger charge is 2.21. The number of benzene rings is 1. The van der Waals surface area contributed by atoms with Gasteiger partial charge < -0.3 is 4.74 Å². The molecule has 1 aromatic rings. The van der Waals surface area contributed by atoms with Crippen molar-refractivity contribution in [2.24, 2.45) is 0 Å². The van der Waals surface area contributed by atoms with Crippen molar-refractivity contribution in [1.82, 2.24) is 4.72 Å². The fourth-order valence-electron chi connectivity index (χ4n) is 1.43. The van der Waals surface area contributed by atoms with Gasteiger partial charge in [-0.2, -0.15) is 5.26 Å². The van der Waals surface area contributed by atoms with Crippen LogP contribution in [0.2, 0.25) is 0 Å². The van der Waals surface area contributed by atoms with Crippen LogP contribution < -0.4 is 4.72 Å². The van der Waals surface area contributed by atoms with Crippen molar-refractivity contribution in [3.05, 3.63) is 29.8 Å². The summed E-state index contributed by atoms with van der Waals surface area (Å²) < 4.78 is 31.0. The van der Waals surface area contributed by atoms with Crippen molar-refractivity contribution >= 4 is 16.0 Å². The van der Waals surface area contributed by atoms with E-state index < -0.39 is 16.0 Å². The average molecular weight is 282 g/mol. The molecule has 0 atom stereocenters. The highest BCUT2D eigenvalue weighted by atomic mass is 32.2. The summed E-state index contributed by atoms with van der Waals surface area (Å²) in [7, 11) is -2.60. The van der Waals surface area contributed by atoms with Gasteiger partial charge in [0.15, 0.2) is 0 Å². The molecule has 0 radical (unpaired) electrons. The number of esters is 1. The molecule has 0 fully saturated rings. The molecule has 0 aromatic heterocycles. The van der Waals surface area contributed by atoms with Gasteiger partial charge in [0.25, 0.3) is 0 Å². The van der Waals surface area contributed by atoms with Crippen LogP contribution in [0.5, 0.6) is 0 Å². The molecule has 0 heterocycles. The number of ether oxygens (including phenoxy) is 1. The van der Waals surface area contributed by atoms with Crippen LogP contribution in [-0.4, -0.2) is 28.0 Å². The third-order valence-corrected chi connectivity index (χ3v) is 3.86. The SMILES string of the molecule is COC(=O)c1ccccc1S(=O)(=O)NCCCC#N. The number of unbranched alkanes of at least 4 members (excludes halogenated alkanes) is 1. The molecule has 0 unspecified atom stereocenters. The summed E-state index contributed by atoms with van der Waals surface area (Å²) >= 11 is 0. The van der Waals surface area contributed by atoms with E-state index in [0.717, 1.165) is 0 Å². The summed E-state index contributed by atoms with van der Waals surface area (Å²) in [4.78, 5) is 11.4. The van der Waals surface area contributed by atoms with E-state index in [1.165, 1.54) is 25.3 Å². The lowest BCUT2D eigenvalue weighted by molar-refractivity contribution is 0.0596. The number of nitrogens with zero attached hydrogens (tertiary/aromatic N) is 1. The van der Waals surface area contributed by atoms with E-state index in [4.69, 9.17) is 5.26 Å². The number of carbonyl (C=O) groups is 1. The molecule has 0 saturated heterocycles. The van der Waals surface area contributed by atoms with Crippen LogP contribution in [0.1, 0.15) is 23.2 Å². The normalized spacial score (nSPS) is 10.7. The molecule has 19 heavy (non-hydrogen) atoms. The minimum atomic E-state index is -3.79. The first-order valence-corrected chi connectivity index (χ1v) is 7.05. The molecule has 0 bridgehead atoms. The number of sulfonamides is 1. The van der Waals surface area contributed by atoms with E-state index >= 15 is 0 Å². The molecule has 0 spiro atoms. The molecule has 0 saturated carbocycles. The molecule has 102 valence electrons. The Hall–Kier alpha value is -1.91. The third kappa shape index (κ3) is 4.05. The number of hydrogen-bond donors (Lipinski definition) is 1. The summed E-state index contributed by atoms with van der Waals surface area (Å²) in [6.45, 7) is 0.144. The van der Waals surface area contributed by atoms with Gasteiger partial charge in [-0.05, 0) is 18.6 Å². The summed E-state index contributed by atoms with van der Waals surface area (Å²) in [6, 6.07) is 7.72. The van der Waals surface area contributed by atoms with Crippen LogP contribution in [0.4, 0.5) is 0 Å². The van der Waals surface area contributed by atoms with Crippen LogP contribution >= 0.6 is 0 Å². The van der Waals surface area contributed by atoms with Crippen LogP contribution in [-0.2, 0) is 14.8 Å². The Morgan fingerprint density at radius 2 is 2.11 bits per heavy atom. The van der Waals surface area contributed by atoms with Crippen molar-refractivity contribution in [1.29, 1.82) is 5.26 Å². The number of methoxy groups -OCH3 is 1. The van der Waals surface area contributed by atoms with Crippen molar-refractivity contribution in [2.75, 3.05) is 13.7 Å². The van der Waals surface area contributed by atoms with E-state index in [1.807, 2.05) is 6.07 Å². The van der Waals surface area contributed by atoms with E-state index in [-0.39, 0.29) is 23.4 Å². The Balaban J connectivity index is 2.95. The number of hydrogen-bond acceptors (Lipinski definition) is 5. The zero-order valence-corrected chi connectivity index (χ0v) is 11.2. The van der Waals surface area contributed by atoms with E-state index in [9.17, 15) is 13.2 Å². The Labute approximate surface area is 112 Å². The lowest BCUT2D eigenvalue weighted by atomic mass is 10.2.